The third-order valence-corrected chi connectivity index (χ3v) is 3.52. The molecule has 0 aromatic rings. The van der Waals surface area contributed by atoms with Crippen LogP contribution < -0.4 is 5.32 Å². The molecule has 0 atom stereocenters. The largest absolute Gasteiger partial charge is 0.381 e. The average molecular weight is 227 g/mol. The number of hydrogen-bond donors (Lipinski definition) is 1. The first-order valence-corrected chi connectivity index (χ1v) is 7.22. The molecule has 0 radical (unpaired) electrons. The maximum atomic E-state index is 5.70. The van der Waals surface area contributed by atoms with Gasteiger partial charge >= 0.3 is 0 Å². The molecule has 0 amide bonds. The zero-order valence-electron chi connectivity index (χ0n) is 11.0. The van der Waals surface area contributed by atoms with Crippen LogP contribution >= 0.6 is 0 Å². The molecule has 1 aliphatic heterocycles. The highest BCUT2D eigenvalue weighted by molar-refractivity contribution is 4.67. The summed E-state index contributed by atoms with van der Waals surface area (Å²) in [6, 6.07) is 0. The lowest BCUT2D eigenvalue weighted by molar-refractivity contribution is 0.111. The SMILES string of the molecule is CCCCCCCOCCC1CCNCC1. The predicted molar refractivity (Wildman–Crippen MR) is 69.8 cm³/mol. The van der Waals surface area contributed by atoms with Gasteiger partial charge < -0.3 is 10.1 Å². The normalized spacial score (nSPS) is 17.8. The Morgan fingerprint density at radius 2 is 1.75 bits per heavy atom. The standard InChI is InChI=1S/C14H29NO/c1-2-3-4-5-6-12-16-13-9-14-7-10-15-11-8-14/h14-15H,2-13H2,1H3. The summed E-state index contributed by atoms with van der Waals surface area (Å²) in [4.78, 5) is 0. The summed E-state index contributed by atoms with van der Waals surface area (Å²) in [5.41, 5.74) is 0. The minimum atomic E-state index is 0.918. The zero-order valence-corrected chi connectivity index (χ0v) is 11.0. The maximum Gasteiger partial charge on any atom is 0.0468 e. The molecule has 1 rings (SSSR count). The van der Waals surface area contributed by atoms with Crippen molar-refractivity contribution in [3.05, 3.63) is 0 Å². The molecular weight excluding hydrogens is 198 g/mol. The lowest BCUT2D eigenvalue weighted by Gasteiger charge is -2.22. The first-order valence-electron chi connectivity index (χ1n) is 7.22. The van der Waals surface area contributed by atoms with E-state index >= 15 is 0 Å². The molecule has 1 heterocycles. The van der Waals surface area contributed by atoms with Crippen molar-refractivity contribution in [1.29, 1.82) is 0 Å². The molecular formula is C14H29NO. The van der Waals surface area contributed by atoms with E-state index < -0.39 is 0 Å². The van der Waals surface area contributed by atoms with Crippen molar-refractivity contribution in [2.24, 2.45) is 5.92 Å². The number of nitrogens with one attached hydrogen (secondary N) is 1. The monoisotopic (exact) mass is 227 g/mol. The third-order valence-electron chi connectivity index (χ3n) is 3.52. The number of piperidine rings is 1. The third kappa shape index (κ3) is 7.24. The molecule has 0 saturated carbocycles. The summed E-state index contributed by atoms with van der Waals surface area (Å²) >= 11 is 0. The van der Waals surface area contributed by atoms with Gasteiger partial charge in [0.2, 0.25) is 0 Å². The van der Waals surface area contributed by atoms with Crippen LogP contribution in [0, 0.1) is 5.92 Å². The molecule has 0 unspecified atom stereocenters. The van der Waals surface area contributed by atoms with Gasteiger partial charge in [0.15, 0.2) is 0 Å². The highest BCUT2D eigenvalue weighted by Crippen LogP contribution is 2.15. The van der Waals surface area contributed by atoms with Crippen LogP contribution in [0.1, 0.15) is 58.3 Å². The van der Waals surface area contributed by atoms with Crippen LogP contribution in [0.25, 0.3) is 0 Å². The molecule has 1 N–H and O–H groups in total. The molecule has 16 heavy (non-hydrogen) atoms. The summed E-state index contributed by atoms with van der Waals surface area (Å²) in [6.45, 7) is 6.64. The van der Waals surface area contributed by atoms with Crippen LogP contribution in [0.3, 0.4) is 0 Å². The predicted octanol–water partition coefficient (Wildman–Crippen LogP) is 3.36. The summed E-state index contributed by atoms with van der Waals surface area (Å²) in [5, 5.41) is 3.40. The molecule has 0 aromatic heterocycles. The Kier molecular flexibility index (Phi) is 8.83. The molecule has 2 nitrogen and oxygen atoms in total. The van der Waals surface area contributed by atoms with Crippen LogP contribution in [0.4, 0.5) is 0 Å². The lowest BCUT2D eigenvalue weighted by Crippen LogP contribution is -2.28. The van der Waals surface area contributed by atoms with E-state index in [9.17, 15) is 0 Å². The van der Waals surface area contributed by atoms with E-state index in [4.69, 9.17) is 4.74 Å². The van der Waals surface area contributed by atoms with E-state index in [-0.39, 0.29) is 0 Å². The van der Waals surface area contributed by atoms with Gasteiger partial charge in [-0.1, -0.05) is 32.6 Å². The summed E-state index contributed by atoms with van der Waals surface area (Å²) in [6.07, 6.45) is 10.7. The molecule has 1 saturated heterocycles. The molecule has 0 aromatic carbocycles. The Hall–Kier alpha value is -0.0800. The van der Waals surface area contributed by atoms with Crippen LogP contribution in [0.2, 0.25) is 0 Å². The molecule has 96 valence electrons. The smallest absolute Gasteiger partial charge is 0.0468 e. The Labute approximate surface area is 101 Å². The summed E-state index contributed by atoms with van der Waals surface area (Å²) in [5.74, 6) is 0.918. The second-order valence-electron chi connectivity index (χ2n) is 5.01. The van der Waals surface area contributed by atoms with Crippen LogP contribution in [0.5, 0.6) is 0 Å². The zero-order chi connectivity index (χ0) is 11.5. The highest BCUT2D eigenvalue weighted by Gasteiger charge is 2.11. The number of hydrogen-bond acceptors (Lipinski definition) is 2. The van der Waals surface area contributed by atoms with Crippen LogP contribution in [0.15, 0.2) is 0 Å². The van der Waals surface area contributed by atoms with E-state index in [2.05, 4.69) is 12.2 Å². The van der Waals surface area contributed by atoms with Crippen LogP contribution in [-0.4, -0.2) is 26.3 Å². The Morgan fingerprint density at radius 3 is 2.50 bits per heavy atom. The first-order chi connectivity index (χ1) is 7.93. The van der Waals surface area contributed by atoms with Crippen molar-refractivity contribution < 1.29 is 4.74 Å². The van der Waals surface area contributed by atoms with E-state index in [1.54, 1.807) is 0 Å². The van der Waals surface area contributed by atoms with E-state index in [1.165, 1.54) is 64.5 Å². The van der Waals surface area contributed by atoms with Gasteiger partial charge in [0.1, 0.15) is 0 Å². The van der Waals surface area contributed by atoms with Gasteiger partial charge in [0, 0.05) is 13.2 Å². The van der Waals surface area contributed by atoms with Gasteiger partial charge in [0.05, 0.1) is 0 Å². The molecule has 0 spiro atoms. The lowest BCUT2D eigenvalue weighted by atomic mass is 9.95. The van der Waals surface area contributed by atoms with Crippen molar-refractivity contribution in [3.63, 3.8) is 0 Å². The van der Waals surface area contributed by atoms with Crippen molar-refractivity contribution in [3.8, 4) is 0 Å². The van der Waals surface area contributed by atoms with Crippen molar-refractivity contribution >= 4 is 0 Å². The van der Waals surface area contributed by atoms with E-state index in [0.29, 0.717) is 0 Å². The topological polar surface area (TPSA) is 21.3 Å². The Morgan fingerprint density at radius 1 is 1.00 bits per heavy atom. The molecule has 0 bridgehead atoms. The van der Waals surface area contributed by atoms with Gasteiger partial charge in [0.25, 0.3) is 0 Å². The van der Waals surface area contributed by atoms with Crippen molar-refractivity contribution in [1.82, 2.24) is 5.32 Å². The van der Waals surface area contributed by atoms with E-state index in [1.807, 2.05) is 0 Å². The average Bonchev–Trinajstić information content (AvgIpc) is 2.34. The molecule has 1 fully saturated rings. The van der Waals surface area contributed by atoms with Crippen molar-refractivity contribution in [2.45, 2.75) is 58.3 Å². The maximum absolute atomic E-state index is 5.70. The summed E-state index contributed by atoms with van der Waals surface area (Å²) in [7, 11) is 0. The highest BCUT2D eigenvalue weighted by atomic mass is 16.5. The summed E-state index contributed by atoms with van der Waals surface area (Å²) < 4.78 is 5.70. The Bertz CT molecular complexity index is 144. The van der Waals surface area contributed by atoms with Gasteiger partial charge in [-0.25, -0.2) is 0 Å². The second kappa shape index (κ2) is 10.1. The van der Waals surface area contributed by atoms with Gasteiger partial charge in [-0.15, -0.1) is 0 Å². The minimum absolute atomic E-state index is 0.918. The first kappa shape index (κ1) is 14.0. The van der Waals surface area contributed by atoms with E-state index in [0.717, 1.165) is 19.1 Å². The number of rotatable bonds is 9. The second-order valence-corrected chi connectivity index (χ2v) is 5.01. The number of ether oxygens (including phenoxy) is 1. The van der Waals surface area contributed by atoms with Gasteiger partial charge in [-0.3, -0.25) is 0 Å². The fourth-order valence-corrected chi connectivity index (χ4v) is 2.33. The molecule has 1 aliphatic rings. The quantitative estimate of drug-likeness (QED) is 0.610. The number of unbranched alkanes of at least 4 members (excludes halogenated alkanes) is 4. The van der Waals surface area contributed by atoms with Gasteiger partial charge in [-0.05, 0) is 44.7 Å². The fourth-order valence-electron chi connectivity index (χ4n) is 2.33. The van der Waals surface area contributed by atoms with Crippen LogP contribution in [-0.2, 0) is 4.74 Å². The van der Waals surface area contributed by atoms with Gasteiger partial charge in [-0.2, -0.15) is 0 Å². The molecule has 0 aliphatic carbocycles. The Balaban J connectivity index is 1.77. The van der Waals surface area contributed by atoms with Crippen molar-refractivity contribution in [2.75, 3.05) is 26.3 Å². The molecule has 2 heteroatoms. The minimum Gasteiger partial charge on any atom is -0.381 e. The fraction of sp³-hybridized carbons (Fsp3) is 1.00.